The number of fused-ring (bicyclic) bond motifs is 3. The molecule has 4 nitrogen and oxygen atoms in total. The van der Waals surface area contributed by atoms with Crippen molar-refractivity contribution in [3.05, 3.63) is 12.2 Å². The second-order valence-electron chi connectivity index (χ2n) is 9.57. The molecule has 1 spiro atoms. The lowest BCUT2D eigenvalue weighted by Crippen LogP contribution is -2.63. The number of carboxylic acids is 1. The summed E-state index contributed by atoms with van der Waals surface area (Å²) in [5.41, 5.74) is -0.331. The molecule has 0 unspecified atom stereocenters. The minimum atomic E-state index is -0.717. The van der Waals surface area contributed by atoms with Crippen molar-refractivity contribution >= 4 is 5.97 Å². The maximum absolute atomic E-state index is 12.1. The van der Waals surface area contributed by atoms with Crippen molar-refractivity contribution in [3.8, 4) is 0 Å². The van der Waals surface area contributed by atoms with E-state index in [0.717, 1.165) is 44.1 Å². The second-order valence-corrected chi connectivity index (χ2v) is 9.57. The predicted octanol–water partition coefficient (Wildman–Crippen LogP) is 2.98. The van der Waals surface area contributed by atoms with Gasteiger partial charge >= 0.3 is 5.97 Å². The Bertz CT molecular complexity index is 600. The highest BCUT2D eigenvalue weighted by Gasteiger charge is 2.69. The SMILES string of the molecule is C=C1[C@@H]2C[C@H](O)[C@H]3[C@]4(C)CCC[C@](C)(C(=O)O)[C@H]4CC[C@]3(C2)[C@@H]1O. The van der Waals surface area contributed by atoms with Crippen molar-refractivity contribution in [1.82, 2.24) is 0 Å². The van der Waals surface area contributed by atoms with Gasteiger partial charge < -0.3 is 15.3 Å². The van der Waals surface area contributed by atoms with Crippen molar-refractivity contribution in [2.45, 2.75) is 71.0 Å². The van der Waals surface area contributed by atoms with Gasteiger partial charge in [-0.05, 0) is 74.2 Å². The minimum absolute atomic E-state index is 0.0202. The first-order valence-electron chi connectivity index (χ1n) is 9.45. The van der Waals surface area contributed by atoms with Crippen LogP contribution in [0.4, 0.5) is 0 Å². The third-order valence-electron chi connectivity index (χ3n) is 8.65. The number of aliphatic hydroxyl groups excluding tert-OH is 2. The lowest BCUT2D eigenvalue weighted by molar-refractivity contribution is -0.212. The molecule has 0 amide bonds. The van der Waals surface area contributed by atoms with Crippen LogP contribution in [0.25, 0.3) is 0 Å². The molecule has 4 fully saturated rings. The fourth-order valence-corrected chi connectivity index (χ4v) is 7.73. The van der Waals surface area contributed by atoms with Crippen molar-refractivity contribution < 1.29 is 20.1 Å². The molecule has 0 radical (unpaired) electrons. The van der Waals surface area contributed by atoms with Crippen LogP contribution in [-0.4, -0.2) is 33.5 Å². The summed E-state index contributed by atoms with van der Waals surface area (Å²) in [6, 6.07) is 0. The molecule has 8 atom stereocenters. The Balaban J connectivity index is 1.82. The van der Waals surface area contributed by atoms with Gasteiger partial charge in [-0.25, -0.2) is 0 Å². The van der Waals surface area contributed by atoms with E-state index in [1.165, 1.54) is 0 Å². The third kappa shape index (κ3) is 1.74. The zero-order chi connectivity index (χ0) is 17.5. The first-order chi connectivity index (χ1) is 11.2. The molecule has 4 saturated carbocycles. The van der Waals surface area contributed by atoms with Gasteiger partial charge in [0.2, 0.25) is 0 Å². The van der Waals surface area contributed by atoms with E-state index in [2.05, 4.69) is 13.5 Å². The highest BCUT2D eigenvalue weighted by Crippen LogP contribution is 2.72. The Kier molecular flexibility index (Phi) is 3.35. The Labute approximate surface area is 144 Å². The third-order valence-corrected chi connectivity index (χ3v) is 8.65. The van der Waals surface area contributed by atoms with E-state index in [4.69, 9.17) is 0 Å². The number of carboxylic acid groups (broad SMARTS) is 1. The van der Waals surface area contributed by atoms with E-state index in [-0.39, 0.29) is 28.6 Å². The molecule has 0 aromatic heterocycles. The minimum Gasteiger partial charge on any atom is -0.481 e. The van der Waals surface area contributed by atoms with E-state index in [9.17, 15) is 20.1 Å². The summed E-state index contributed by atoms with van der Waals surface area (Å²) < 4.78 is 0. The maximum atomic E-state index is 12.1. The highest BCUT2D eigenvalue weighted by molar-refractivity contribution is 5.75. The monoisotopic (exact) mass is 334 g/mol. The molecule has 4 rings (SSSR count). The number of rotatable bonds is 1. The molecule has 24 heavy (non-hydrogen) atoms. The van der Waals surface area contributed by atoms with Gasteiger partial charge in [0.15, 0.2) is 0 Å². The number of hydrogen-bond donors (Lipinski definition) is 3. The summed E-state index contributed by atoms with van der Waals surface area (Å²) in [4.78, 5) is 12.1. The molecule has 4 aliphatic carbocycles. The zero-order valence-corrected chi connectivity index (χ0v) is 14.8. The van der Waals surface area contributed by atoms with E-state index < -0.39 is 23.6 Å². The first kappa shape index (κ1) is 16.6. The molecule has 4 aliphatic rings. The topological polar surface area (TPSA) is 77.8 Å². The van der Waals surface area contributed by atoms with E-state index >= 15 is 0 Å². The average Bonchev–Trinajstić information content (AvgIpc) is 2.68. The number of hydrogen-bond acceptors (Lipinski definition) is 3. The molecule has 2 bridgehead atoms. The normalized spacial score (nSPS) is 56.5. The smallest absolute Gasteiger partial charge is 0.309 e. The first-order valence-corrected chi connectivity index (χ1v) is 9.45. The quantitative estimate of drug-likeness (QED) is 0.644. The zero-order valence-electron chi connectivity index (χ0n) is 14.8. The van der Waals surface area contributed by atoms with Gasteiger partial charge in [0.05, 0.1) is 17.6 Å². The van der Waals surface area contributed by atoms with Crippen LogP contribution in [0, 0.1) is 34.0 Å². The fourth-order valence-electron chi connectivity index (χ4n) is 7.73. The Morgan fingerprint density at radius 1 is 1.21 bits per heavy atom. The standard InChI is InChI=1S/C20H30O4/c1-11-12-9-13(21)15-18(2)6-4-7-19(3,17(23)24)14(18)5-8-20(15,10-12)16(11)22/h12-16,21-22H,1,4-10H2,2-3H3,(H,23,24)/t12-,13+,14+,15+,16-,18-,19+,20-/m1/s1. The summed E-state index contributed by atoms with van der Waals surface area (Å²) in [7, 11) is 0. The summed E-state index contributed by atoms with van der Waals surface area (Å²) in [5.74, 6) is -0.429. The summed E-state index contributed by atoms with van der Waals surface area (Å²) in [5, 5.41) is 31.9. The molecule has 3 N–H and O–H groups in total. The van der Waals surface area contributed by atoms with Crippen LogP contribution in [0.2, 0.25) is 0 Å². The van der Waals surface area contributed by atoms with Crippen molar-refractivity contribution in [1.29, 1.82) is 0 Å². The lowest BCUT2D eigenvalue weighted by atomic mass is 9.40. The van der Waals surface area contributed by atoms with Crippen LogP contribution in [0.5, 0.6) is 0 Å². The van der Waals surface area contributed by atoms with Crippen LogP contribution < -0.4 is 0 Å². The van der Waals surface area contributed by atoms with E-state index in [1.54, 1.807) is 0 Å². The Hall–Kier alpha value is -0.870. The lowest BCUT2D eigenvalue weighted by Gasteiger charge is -2.64. The van der Waals surface area contributed by atoms with Gasteiger partial charge in [0.25, 0.3) is 0 Å². The Morgan fingerprint density at radius 2 is 1.92 bits per heavy atom. The number of carbonyl (C=O) groups is 1. The van der Waals surface area contributed by atoms with Crippen LogP contribution >= 0.6 is 0 Å². The summed E-state index contributed by atoms with van der Waals surface area (Å²) in [6.07, 6.45) is 4.80. The largest absolute Gasteiger partial charge is 0.481 e. The van der Waals surface area contributed by atoms with Gasteiger partial charge in [-0.3, -0.25) is 4.79 Å². The Morgan fingerprint density at radius 3 is 2.58 bits per heavy atom. The molecule has 0 heterocycles. The van der Waals surface area contributed by atoms with Crippen molar-refractivity contribution in [2.24, 2.45) is 34.0 Å². The van der Waals surface area contributed by atoms with Crippen LogP contribution in [0.15, 0.2) is 12.2 Å². The summed E-state index contributed by atoms with van der Waals surface area (Å²) >= 11 is 0. The van der Waals surface area contributed by atoms with Gasteiger partial charge in [0.1, 0.15) is 0 Å². The van der Waals surface area contributed by atoms with Crippen LogP contribution in [0.1, 0.15) is 58.8 Å². The average molecular weight is 334 g/mol. The van der Waals surface area contributed by atoms with E-state index in [1.807, 2.05) is 6.92 Å². The summed E-state index contributed by atoms with van der Waals surface area (Å²) in [6.45, 7) is 8.22. The molecule has 0 aliphatic heterocycles. The number of aliphatic carboxylic acids is 1. The highest BCUT2D eigenvalue weighted by atomic mass is 16.4. The van der Waals surface area contributed by atoms with Crippen molar-refractivity contribution in [3.63, 3.8) is 0 Å². The molecular formula is C20H30O4. The second kappa shape index (κ2) is 4.85. The molecule has 0 aromatic rings. The van der Waals surface area contributed by atoms with Gasteiger partial charge in [0, 0.05) is 5.41 Å². The molecule has 134 valence electrons. The van der Waals surface area contributed by atoms with Gasteiger partial charge in [-0.15, -0.1) is 0 Å². The predicted molar refractivity (Wildman–Crippen MR) is 90.2 cm³/mol. The molecular weight excluding hydrogens is 304 g/mol. The van der Waals surface area contributed by atoms with Gasteiger partial charge in [-0.2, -0.15) is 0 Å². The van der Waals surface area contributed by atoms with Crippen molar-refractivity contribution in [2.75, 3.05) is 0 Å². The molecule has 0 saturated heterocycles. The fraction of sp³-hybridized carbons (Fsp3) is 0.850. The maximum Gasteiger partial charge on any atom is 0.309 e. The number of aliphatic hydroxyl groups is 2. The van der Waals surface area contributed by atoms with E-state index in [0.29, 0.717) is 6.42 Å². The molecule has 0 aromatic carbocycles. The van der Waals surface area contributed by atoms with Crippen LogP contribution in [0.3, 0.4) is 0 Å². The molecule has 4 heteroatoms. The van der Waals surface area contributed by atoms with Crippen LogP contribution in [-0.2, 0) is 4.79 Å². The van der Waals surface area contributed by atoms with Gasteiger partial charge in [-0.1, -0.05) is 19.9 Å².